The van der Waals surface area contributed by atoms with Gasteiger partial charge in [-0.05, 0) is 35.6 Å². The molecule has 3 rings (SSSR count). The lowest BCUT2D eigenvalue weighted by atomic mass is 9.84. The van der Waals surface area contributed by atoms with Crippen LogP contribution in [0.1, 0.15) is 25.3 Å². The third kappa shape index (κ3) is 2.52. The van der Waals surface area contributed by atoms with Gasteiger partial charge in [-0.1, -0.05) is 61.9 Å². The summed E-state index contributed by atoms with van der Waals surface area (Å²) in [5.74, 6) is 0. The first-order chi connectivity index (χ1) is 7.92. The molecule has 0 fully saturated rings. The van der Waals surface area contributed by atoms with E-state index in [0.717, 1.165) is 0 Å². The van der Waals surface area contributed by atoms with Crippen molar-refractivity contribution in [3.8, 4) is 11.1 Å². The number of hydrogen-bond acceptors (Lipinski definition) is 0. The van der Waals surface area contributed by atoms with Crippen LogP contribution in [0, 0.1) is 6.07 Å². The van der Waals surface area contributed by atoms with Crippen molar-refractivity contribution in [2.24, 2.45) is 0 Å². The number of benzene rings is 2. The second-order valence-electron chi connectivity index (χ2n) is 4.05. The lowest BCUT2D eigenvalue weighted by Gasteiger charge is -2.20. The van der Waals surface area contributed by atoms with Crippen molar-refractivity contribution in [1.82, 2.24) is 0 Å². The molecule has 0 saturated carbocycles. The summed E-state index contributed by atoms with van der Waals surface area (Å²) in [4.78, 5) is 0. The van der Waals surface area contributed by atoms with Gasteiger partial charge in [-0.2, -0.15) is 0 Å². The minimum absolute atomic E-state index is 1.29. The van der Waals surface area contributed by atoms with Crippen molar-refractivity contribution in [2.75, 3.05) is 0 Å². The van der Waals surface area contributed by atoms with Gasteiger partial charge in [0, 0.05) is 0 Å². The number of aryl methyl sites for hydroxylation is 1. The molecular weight excluding hydrogens is 192 g/mol. The summed E-state index contributed by atoms with van der Waals surface area (Å²) in [6.07, 6.45) is 3.94. The van der Waals surface area contributed by atoms with Gasteiger partial charge in [-0.15, -0.1) is 0 Å². The Kier molecular flexibility index (Phi) is 3.76. The van der Waals surface area contributed by atoms with Gasteiger partial charge < -0.3 is 0 Å². The molecule has 0 N–H and O–H groups in total. The maximum atomic E-state index is 2.89. The highest BCUT2D eigenvalue weighted by atomic mass is 14.2. The minimum atomic E-state index is 1.29. The van der Waals surface area contributed by atoms with Crippen molar-refractivity contribution in [1.29, 1.82) is 0 Å². The standard InChI is InChI=1S/C10H12.C6H5/c1-2-3-4-8-7-9-5-6-10(8)9;1-2-4-6-5-3-1/h5-7H,2-4H2,1H3;1-5H. The van der Waals surface area contributed by atoms with E-state index in [9.17, 15) is 0 Å². The van der Waals surface area contributed by atoms with Gasteiger partial charge in [0.25, 0.3) is 0 Å². The van der Waals surface area contributed by atoms with Crippen molar-refractivity contribution in [2.45, 2.75) is 26.2 Å². The SMILES string of the molecule is CCCCc1cc2ccc1-2.[c]1ccccc1. The fraction of sp³-hybridized carbons (Fsp3) is 0.250. The van der Waals surface area contributed by atoms with Crippen LogP contribution in [0.3, 0.4) is 0 Å². The molecule has 0 heteroatoms. The van der Waals surface area contributed by atoms with Crippen LogP contribution in [0.4, 0.5) is 0 Å². The zero-order valence-corrected chi connectivity index (χ0v) is 9.74. The van der Waals surface area contributed by atoms with Crippen LogP contribution >= 0.6 is 0 Å². The first-order valence-electron chi connectivity index (χ1n) is 5.96. The van der Waals surface area contributed by atoms with Gasteiger partial charge in [0.1, 0.15) is 0 Å². The van der Waals surface area contributed by atoms with Gasteiger partial charge in [0.05, 0.1) is 0 Å². The quantitative estimate of drug-likeness (QED) is 0.596. The average Bonchev–Trinajstić information content (AvgIpc) is 2.34. The molecule has 0 bridgehead atoms. The van der Waals surface area contributed by atoms with Crippen molar-refractivity contribution in [3.05, 3.63) is 60.2 Å². The summed E-state index contributed by atoms with van der Waals surface area (Å²) in [5.41, 5.74) is 4.60. The molecule has 0 atom stereocenters. The molecule has 81 valence electrons. The third-order valence-corrected chi connectivity index (χ3v) is 2.82. The zero-order valence-electron chi connectivity index (χ0n) is 9.74. The van der Waals surface area contributed by atoms with Crippen LogP contribution in [-0.4, -0.2) is 0 Å². The first kappa shape index (κ1) is 10.9. The van der Waals surface area contributed by atoms with Gasteiger partial charge in [0.15, 0.2) is 0 Å². The molecule has 0 aromatic heterocycles. The van der Waals surface area contributed by atoms with Crippen LogP contribution in [0.5, 0.6) is 0 Å². The Labute approximate surface area is 97.9 Å². The molecule has 1 aromatic carbocycles. The third-order valence-electron chi connectivity index (χ3n) is 2.82. The predicted molar refractivity (Wildman–Crippen MR) is 69.3 cm³/mol. The van der Waals surface area contributed by atoms with Gasteiger partial charge in [-0.3, -0.25) is 0 Å². The molecule has 2 aliphatic carbocycles. The van der Waals surface area contributed by atoms with Crippen LogP contribution in [0.25, 0.3) is 11.1 Å². The summed E-state index contributed by atoms with van der Waals surface area (Å²) < 4.78 is 0. The topological polar surface area (TPSA) is 0 Å². The van der Waals surface area contributed by atoms with Gasteiger partial charge in [0.2, 0.25) is 0 Å². The lowest BCUT2D eigenvalue weighted by Crippen LogP contribution is -1.99. The molecule has 2 aliphatic rings. The molecule has 0 amide bonds. The summed E-state index contributed by atoms with van der Waals surface area (Å²) in [5, 5.41) is 0. The van der Waals surface area contributed by atoms with Gasteiger partial charge >= 0.3 is 0 Å². The van der Waals surface area contributed by atoms with Crippen LogP contribution in [0.15, 0.2) is 48.5 Å². The summed E-state index contributed by atoms with van der Waals surface area (Å²) in [6, 6.07) is 19.2. The molecule has 1 radical (unpaired) electrons. The molecule has 0 nitrogen and oxygen atoms in total. The van der Waals surface area contributed by atoms with E-state index in [1.165, 1.54) is 30.4 Å². The van der Waals surface area contributed by atoms with E-state index in [1.54, 1.807) is 5.56 Å². The summed E-state index contributed by atoms with van der Waals surface area (Å²) in [6.45, 7) is 2.24. The van der Waals surface area contributed by atoms with Crippen LogP contribution < -0.4 is 0 Å². The number of fused-ring (bicyclic) bond motifs is 1. The number of unbranched alkanes of at least 4 members (excludes halogenated alkanes) is 1. The molecule has 16 heavy (non-hydrogen) atoms. The van der Waals surface area contributed by atoms with Crippen molar-refractivity contribution >= 4 is 0 Å². The highest BCUT2D eigenvalue weighted by molar-refractivity contribution is 5.80. The Hall–Kier alpha value is -1.56. The second-order valence-corrected chi connectivity index (χ2v) is 4.05. The van der Waals surface area contributed by atoms with Crippen molar-refractivity contribution in [3.63, 3.8) is 0 Å². The average molecular weight is 209 g/mol. The Balaban J connectivity index is 0.000000138. The van der Waals surface area contributed by atoms with Crippen molar-refractivity contribution < 1.29 is 0 Å². The molecule has 0 spiro atoms. The smallest absolute Gasteiger partial charge is 0.0151 e. The maximum absolute atomic E-state index is 2.89. The van der Waals surface area contributed by atoms with E-state index in [1.807, 2.05) is 30.3 Å². The van der Waals surface area contributed by atoms with E-state index < -0.39 is 0 Å². The Morgan fingerprint density at radius 3 is 2.19 bits per heavy atom. The number of hydrogen-bond donors (Lipinski definition) is 0. The van der Waals surface area contributed by atoms with E-state index in [4.69, 9.17) is 0 Å². The lowest BCUT2D eigenvalue weighted by molar-refractivity contribution is 0.792. The first-order valence-corrected chi connectivity index (χ1v) is 5.96. The Morgan fingerprint density at radius 2 is 1.88 bits per heavy atom. The second kappa shape index (κ2) is 5.50. The highest BCUT2D eigenvalue weighted by Crippen LogP contribution is 2.37. The minimum Gasteiger partial charge on any atom is -0.0654 e. The van der Waals surface area contributed by atoms with Crippen LogP contribution in [-0.2, 0) is 6.42 Å². The normalized spacial score (nSPS) is 10.3. The molecule has 0 unspecified atom stereocenters. The predicted octanol–water partition coefficient (Wildman–Crippen LogP) is 4.50. The monoisotopic (exact) mass is 209 g/mol. The largest absolute Gasteiger partial charge is 0.0654 e. The molecule has 0 heterocycles. The molecule has 1 aromatic rings. The highest BCUT2D eigenvalue weighted by Gasteiger charge is 2.14. The summed E-state index contributed by atoms with van der Waals surface area (Å²) in [7, 11) is 0. The molecular formula is C16H17. The summed E-state index contributed by atoms with van der Waals surface area (Å²) >= 11 is 0. The molecule has 0 saturated heterocycles. The maximum Gasteiger partial charge on any atom is -0.0151 e. The zero-order chi connectivity index (χ0) is 11.2. The fourth-order valence-electron chi connectivity index (χ4n) is 1.78. The fourth-order valence-corrected chi connectivity index (χ4v) is 1.78. The van der Waals surface area contributed by atoms with E-state index >= 15 is 0 Å². The number of rotatable bonds is 3. The van der Waals surface area contributed by atoms with E-state index in [0.29, 0.717) is 0 Å². The van der Waals surface area contributed by atoms with Crippen LogP contribution in [0.2, 0.25) is 0 Å². The van der Waals surface area contributed by atoms with E-state index in [2.05, 4.69) is 31.2 Å². The van der Waals surface area contributed by atoms with E-state index in [-0.39, 0.29) is 0 Å². The Morgan fingerprint density at radius 1 is 1.06 bits per heavy atom. The molecule has 0 aliphatic heterocycles. The Bertz CT molecular complexity index is 402. The van der Waals surface area contributed by atoms with Gasteiger partial charge in [-0.25, -0.2) is 0 Å².